The van der Waals surface area contributed by atoms with Gasteiger partial charge in [0.15, 0.2) is 0 Å². The van der Waals surface area contributed by atoms with Crippen molar-refractivity contribution < 1.29 is 9.53 Å². The molecule has 1 amide bonds. The third-order valence-electron chi connectivity index (χ3n) is 2.77. The van der Waals surface area contributed by atoms with Crippen LogP contribution in [0.5, 0.6) is 5.75 Å². The van der Waals surface area contributed by atoms with E-state index in [-0.39, 0.29) is 5.91 Å². The Labute approximate surface area is 132 Å². The molecule has 0 aliphatic carbocycles. The van der Waals surface area contributed by atoms with Crippen molar-refractivity contribution in [2.24, 2.45) is 0 Å². The van der Waals surface area contributed by atoms with E-state index >= 15 is 0 Å². The highest BCUT2D eigenvalue weighted by molar-refractivity contribution is 14.1. The molecule has 2 aromatic carbocycles. The van der Waals surface area contributed by atoms with Crippen molar-refractivity contribution in [2.75, 3.05) is 6.61 Å². The van der Waals surface area contributed by atoms with Gasteiger partial charge in [-0.2, -0.15) is 0 Å². The van der Waals surface area contributed by atoms with Crippen LogP contribution in [-0.2, 0) is 6.54 Å². The Bertz CT molecular complexity index is 581. The highest BCUT2D eigenvalue weighted by Gasteiger charge is 2.05. The van der Waals surface area contributed by atoms with E-state index in [9.17, 15) is 4.79 Å². The van der Waals surface area contributed by atoms with Crippen LogP contribution < -0.4 is 10.1 Å². The third kappa shape index (κ3) is 4.23. The second-order valence-corrected chi connectivity index (χ2v) is 5.52. The number of rotatable bonds is 5. The fourth-order valence-electron chi connectivity index (χ4n) is 1.80. The molecule has 0 aliphatic heterocycles. The number of amides is 1. The van der Waals surface area contributed by atoms with Crippen molar-refractivity contribution in [3.05, 3.63) is 63.2 Å². The second-order valence-electron chi connectivity index (χ2n) is 4.27. The zero-order valence-corrected chi connectivity index (χ0v) is 13.4. The third-order valence-corrected chi connectivity index (χ3v) is 3.49. The number of nitrogens with one attached hydrogen (secondary N) is 1. The molecule has 0 saturated heterocycles. The van der Waals surface area contributed by atoms with Gasteiger partial charge >= 0.3 is 0 Å². The minimum atomic E-state index is -0.0665. The first-order valence-corrected chi connectivity index (χ1v) is 7.52. The topological polar surface area (TPSA) is 38.3 Å². The van der Waals surface area contributed by atoms with Crippen molar-refractivity contribution in [3.8, 4) is 5.75 Å². The van der Waals surface area contributed by atoms with Gasteiger partial charge in [0.05, 0.1) is 6.61 Å². The monoisotopic (exact) mass is 381 g/mol. The molecule has 0 heterocycles. The Morgan fingerprint density at radius 2 is 1.95 bits per heavy atom. The second kappa shape index (κ2) is 7.28. The van der Waals surface area contributed by atoms with Crippen LogP contribution in [0.25, 0.3) is 0 Å². The first kappa shape index (κ1) is 14.8. The van der Waals surface area contributed by atoms with Gasteiger partial charge < -0.3 is 10.1 Å². The lowest BCUT2D eigenvalue weighted by Gasteiger charge is -2.08. The number of benzene rings is 2. The van der Waals surface area contributed by atoms with Crippen molar-refractivity contribution in [1.82, 2.24) is 5.32 Å². The molecule has 0 spiro atoms. The summed E-state index contributed by atoms with van der Waals surface area (Å²) in [6.07, 6.45) is 0. The fraction of sp³-hybridized carbons (Fsp3) is 0.188. The van der Waals surface area contributed by atoms with Crippen molar-refractivity contribution in [1.29, 1.82) is 0 Å². The van der Waals surface area contributed by atoms with Crippen LogP contribution in [0.4, 0.5) is 0 Å². The number of halogens is 1. The molecule has 0 saturated carbocycles. The smallest absolute Gasteiger partial charge is 0.251 e. The van der Waals surface area contributed by atoms with Gasteiger partial charge in [-0.3, -0.25) is 4.79 Å². The van der Waals surface area contributed by atoms with Gasteiger partial charge in [-0.1, -0.05) is 12.1 Å². The van der Waals surface area contributed by atoms with Crippen molar-refractivity contribution >= 4 is 28.5 Å². The molecule has 20 heavy (non-hydrogen) atoms. The van der Waals surface area contributed by atoms with E-state index in [1.54, 1.807) is 0 Å². The summed E-state index contributed by atoms with van der Waals surface area (Å²) in [6.45, 7) is 3.08. The van der Waals surface area contributed by atoms with Crippen molar-refractivity contribution in [2.45, 2.75) is 13.5 Å². The highest BCUT2D eigenvalue weighted by atomic mass is 127. The molecule has 0 aromatic heterocycles. The maximum Gasteiger partial charge on any atom is 0.251 e. The first-order valence-electron chi connectivity index (χ1n) is 6.44. The summed E-state index contributed by atoms with van der Waals surface area (Å²) in [6, 6.07) is 15.2. The van der Waals surface area contributed by atoms with Crippen LogP contribution in [0.1, 0.15) is 22.8 Å². The number of hydrogen-bond acceptors (Lipinski definition) is 2. The van der Waals surface area contributed by atoms with Crippen LogP contribution in [-0.4, -0.2) is 12.5 Å². The number of hydrogen-bond donors (Lipinski definition) is 1. The summed E-state index contributed by atoms with van der Waals surface area (Å²) in [5.74, 6) is 0.761. The zero-order chi connectivity index (χ0) is 14.4. The van der Waals surface area contributed by atoms with E-state index in [0.717, 1.165) is 14.9 Å². The highest BCUT2D eigenvalue weighted by Crippen LogP contribution is 2.13. The van der Waals surface area contributed by atoms with Gasteiger partial charge in [0.1, 0.15) is 5.75 Å². The molecular weight excluding hydrogens is 365 g/mol. The predicted octanol–water partition coefficient (Wildman–Crippen LogP) is 3.62. The standard InChI is InChI=1S/C16H16INO2/c1-2-20-15-5-3-4-12(10-15)11-18-16(19)13-6-8-14(17)9-7-13/h3-10H,2,11H2,1H3,(H,18,19). The molecule has 2 rings (SSSR count). The summed E-state index contributed by atoms with van der Waals surface area (Å²) >= 11 is 2.22. The van der Waals surface area contributed by atoms with Gasteiger partial charge in [0, 0.05) is 15.7 Å². The van der Waals surface area contributed by atoms with E-state index in [1.807, 2.05) is 55.5 Å². The average Bonchev–Trinajstić information content (AvgIpc) is 2.46. The fourth-order valence-corrected chi connectivity index (χ4v) is 2.16. The Morgan fingerprint density at radius 1 is 1.20 bits per heavy atom. The molecule has 0 unspecified atom stereocenters. The maximum atomic E-state index is 12.0. The first-order chi connectivity index (χ1) is 9.69. The summed E-state index contributed by atoms with van der Waals surface area (Å²) in [7, 11) is 0. The molecule has 0 atom stereocenters. The average molecular weight is 381 g/mol. The minimum absolute atomic E-state index is 0.0665. The van der Waals surface area contributed by atoms with E-state index < -0.39 is 0 Å². The largest absolute Gasteiger partial charge is 0.494 e. The molecular formula is C16H16INO2. The summed E-state index contributed by atoms with van der Waals surface area (Å²) in [5.41, 5.74) is 1.70. The van der Waals surface area contributed by atoms with Gasteiger partial charge in [0.25, 0.3) is 5.91 Å². The lowest BCUT2D eigenvalue weighted by molar-refractivity contribution is 0.0951. The Balaban J connectivity index is 1.96. The number of carbonyl (C=O) groups excluding carboxylic acids is 1. The Kier molecular flexibility index (Phi) is 5.40. The summed E-state index contributed by atoms with van der Waals surface area (Å²) < 4.78 is 6.55. The number of carbonyl (C=O) groups is 1. The number of ether oxygens (including phenoxy) is 1. The zero-order valence-electron chi connectivity index (χ0n) is 11.2. The van der Waals surface area contributed by atoms with Crippen LogP contribution in [0.2, 0.25) is 0 Å². The SMILES string of the molecule is CCOc1cccc(CNC(=O)c2ccc(I)cc2)c1. The molecule has 0 fully saturated rings. The minimum Gasteiger partial charge on any atom is -0.494 e. The molecule has 4 heteroatoms. The lowest BCUT2D eigenvalue weighted by Crippen LogP contribution is -2.22. The Hall–Kier alpha value is -1.56. The molecule has 3 nitrogen and oxygen atoms in total. The van der Waals surface area contributed by atoms with Crippen molar-refractivity contribution in [3.63, 3.8) is 0 Å². The molecule has 1 N–H and O–H groups in total. The van der Waals surface area contributed by atoms with E-state index in [2.05, 4.69) is 27.9 Å². The van der Waals surface area contributed by atoms with Gasteiger partial charge in [-0.25, -0.2) is 0 Å². The molecule has 0 aliphatic rings. The Morgan fingerprint density at radius 3 is 2.65 bits per heavy atom. The van der Waals surface area contributed by atoms with E-state index in [0.29, 0.717) is 18.7 Å². The van der Waals surface area contributed by atoms with Crippen LogP contribution in [0, 0.1) is 3.57 Å². The quantitative estimate of drug-likeness (QED) is 0.804. The predicted molar refractivity (Wildman–Crippen MR) is 87.9 cm³/mol. The molecule has 104 valence electrons. The van der Waals surface area contributed by atoms with Gasteiger partial charge in [-0.15, -0.1) is 0 Å². The van der Waals surface area contributed by atoms with E-state index in [4.69, 9.17) is 4.74 Å². The molecule has 0 radical (unpaired) electrons. The normalized spacial score (nSPS) is 10.1. The summed E-state index contributed by atoms with van der Waals surface area (Å²) in [5, 5.41) is 2.91. The van der Waals surface area contributed by atoms with Gasteiger partial charge in [0.2, 0.25) is 0 Å². The lowest BCUT2D eigenvalue weighted by atomic mass is 10.2. The maximum absolute atomic E-state index is 12.0. The summed E-state index contributed by atoms with van der Waals surface area (Å²) in [4.78, 5) is 12.0. The van der Waals surface area contributed by atoms with Crippen LogP contribution in [0.3, 0.4) is 0 Å². The van der Waals surface area contributed by atoms with E-state index in [1.165, 1.54) is 0 Å². The molecule has 2 aromatic rings. The van der Waals surface area contributed by atoms with Gasteiger partial charge in [-0.05, 0) is 71.5 Å². The van der Waals surface area contributed by atoms with Crippen LogP contribution >= 0.6 is 22.6 Å². The van der Waals surface area contributed by atoms with Crippen LogP contribution in [0.15, 0.2) is 48.5 Å². The molecule has 0 bridgehead atoms.